The van der Waals surface area contributed by atoms with Crippen LogP contribution in [0.3, 0.4) is 0 Å². The summed E-state index contributed by atoms with van der Waals surface area (Å²) in [7, 11) is 1.82. The van der Waals surface area contributed by atoms with Crippen molar-refractivity contribution in [2.24, 2.45) is 7.05 Å². The van der Waals surface area contributed by atoms with E-state index in [4.69, 9.17) is 0 Å². The summed E-state index contributed by atoms with van der Waals surface area (Å²) in [4.78, 5) is 8.45. The Bertz CT molecular complexity index is 710. The van der Waals surface area contributed by atoms with E-state index in [1.807, 2.05) is 19.2 Å². The van der Waals surface area contributed by atoms with E-state index < -0.39 is 0 Å². The van der Waals surface area contributed by atoms with Gasteiger partial charge in [-0.05, 0) is 17.7 Å². The summed E-state index contributed by atoms with van der Waals surface area (Å²) in [5.41, 5.74) is 2.75. The summed E-state index contributed by atoms with van der Waals surface area (Å²) in [6, 6.07) is 8.25. The molecule has 0 aliphatic heterocycles. The van der Waals surface area contributed by atoms with Gasteiger partial charge in [-0.1, -0.05) is 45.0 Å². The molecule has 7 heteroatoms. The van der Waals surface area contributed by atoms with E-state index in [9.17, 15) is 0 Å². The summed E-state index contributed by atoms with van der Waals surface area (Å²) >= 11 is 5.07. The van der Waals surface area contributed by atoms with Crippen LogP contribution in [0.25, 0.3) is 11.2 Å². The van der Waals surface area contributed by atoms with Gasteiger partial charge in [0.2, 0.25) is 0 Å². The largest absolute Gasteiger partial charge is 0.230 e. The lowest BCUT2D eigenvalue weighted by atomic mass is 10.2. The second-order valence-corrected chi connectivity index (χ2v) is 5.86. The van der Waals surface area contributed by atoms with Crippen LogP contribution in [0.5, 0.6) is 0 Å². The molecule has 0 atom stereocenters. The Kier molecular flexibility index (Phi) is 3.48. The van der Waals surface area contributed by atoms with Crippen LogP contribution in [0.4, 0.5) is 0 Å². The van der Waals surface area contributed by atoms with Crippen LogP contribution in [0.15, 0.2) is 40.1 Å². The third-order valence-electron chi connectivity index (χ3n) is 2.64. The SMILES string of the molecule is Cn1nnc2c(SCc3ccc(Br)cc3)ncnc21. The van der Waals surface area contributed by atoms with Gasteiger partial charge in [0.05, 0.1) is 0 Å². The van der Waals surface area contributed by atoms with E-state index in [2.05, 4.69) is 48.3 Å². The average molecular weight is 336 g/mol. The summed E-state index contributed by atoms with van der Waals surface area (Å²) in [5, 5.41) is 8.93. The molecule has 1 aromatic carbocycles. The third-order valence-corrected chi connectivity index (χ3v) is 4.22. The highest BCUT2D eigenvalue weighted by molar-refractivity contribution is 9.10. The predicted molar refractivity (Wildman–Crippen MR) is 77.8 cm³/mol. The molecule has 96 valence electrons. The highest BCUT2D eigenvalue weighted by Crippen LogP contribution is 2.26. The molecule has 0 radical (unpaired) electrons. The number of hydrogen-bond donors (Lipinski definition) is 0. The van der Waals surface area contributed by atoms with Crippen molar-refractivity contribution in [3.8, 4) is 0 Å². The lowest BCUT2D eigenvalue weighted by molar-refractivity contribution is 0.729. The molecule has 3 rings (SSSR count). The lowest BCUT2D eigenvalue weighted by Gasteiger charge is -2.02. The first kappa shape index (κ1) is 12.6. The van der Waals surface area contributed by atoms with Crippen LogP contribution >= 0.6 is 27.7 Å². The molecule has 0 aliphatic rings. The Balaban J connectivity index is 1.83. The summed E-state index contributed by atoms with van der Waals surface area (Å²) in [6.07, 6.45) is 1.55. The quantitative estimate of drug-likeness (QED) is 0.544. The maximum absolute atomic E-state index is 4.28. The fourth-order valence-corrected chi connectivity index (χ4v) is 2.82. The first-order valence-electron chi connectivity index (χ1n) is 5.61. The number of thioether (sulfide) groups is 1. The van der Waals surface area contributed by atoms with Crippen molar-refractivity contribution >= 4 is 38.9 Å². The Hall–Kier alpha value is -1.47. The third kappa shape index (κ3) is 2.62. The number of aromatic nitrogens is 5. The van der Waals surface area contributed by atoms with E-state index in [1.165, 1.54) is 5.56 Å². The zero-order valence-corrected chi connectivity index (χ0v) is 12.5. The molecule has 0 unspecified atom stereocenters. The molecular formula is C12H10BrN5S. The van der Waals surface area contributed by atoms with Gasteiger partial charge in [-0.3, -0.25) is 0 Å². The molecule has 0 saturated heterocycles. The molecule has 0 N–H and O–H groups in total. The Morgan fingerprint density at radius 1 is 1.21 bits per heavy atom. The molecule has 0 amide bonds. The summed E-state index contributed by atoms with van der Waals surface area (Å²) in [5.74, 6) is 0.843. The number of halogens is 1. The van der Waals surface area contributed by atoms with E-state index >= 15 is 0 Å². The van der Waals surface area contributed by atoms with Gasteiger partial charge in [-0.25, -0.2) is 14.6 Å². The van der Waals surface area contributed by atoms with Gasteiger partial charge in [0.25, 0.3) is 0 Å². The number of aryl methyl sites for hydroxylation is 1. The van der Waals surface area contributed by atoms with Crippen LogP contribution in [0.1, 0.15) is 5.56 Å². The van der Waals surface area contributed by atoms with E-state index in [0.29, 0.717) is 0 Å². The lowest BCUT2D eigenvalue weighted by Crippen LogP contribution is -1.93. The fourth-order valence-electron chi connectivity index (χ4n) is 1.67. The fraction of sp³-hybridized carbons (Fsp3) is 0.167. The molecule has 19 heavy (non-hydrogen) atoms. The Morgan fingerprint density at radius 3 is 2.79 bits per heavy atom. The number of hydrogen-bond acceptors (Lipinski definition) is 5. The second kappa shape index (κ2) is 5.26. The Morgan fingerprint density at radius 2 is 2.00 bits per heavy atom. The van der Waals surface area contributed by atoms with Crippen molar-refractivity contribution in [3.63, 3.8) is 0 Å². The molecule has 0 fully saturated rings. The first-order chi connectivity index (χ1) is 9.24. The van der Waals surface area contributed by atoms with Gasteiger partial charge < -0.3 is 0 Å². The molecular weight excluding hydrogens is 326 g/mol. The van der Waals surface area contributed by atoms with Gasteiger partial charge in [0.15, 0.2) is 11.2 Å². The predicted octanol–water partition coefficient (Wildman–Crippen LogP) is 2.81. The van der Waals surface area contributed by atoms with Crippen molar-refractivity contribution in [1.82, 2.24) is 25.0 Å². The second-order valence-electron chi connectivity index (χ2n) is 3.98. The minimum Gasteiger partial charge on any atom is -0.230 e. The molecule has 2 aromatic heterocycles. The molecule has 0 spiro atoms. The average Bonchev–Trinajstić information content (AvgIpc) is 2.81. The molecule has 2 heterocycles. The van der Waals surface area contributed by atoms with Crippen molar-refractivity contribution in [2.45, 2.75) is 10.8 Å². The zero-order chi connectivity index (χ0) is 13.2. The van der Waals surface area contributed by atoms with Crippen LogP contribution in [0, 0.1) is 0 Å². The van der Waals surface area contributed by atoms with Gasteiger partial charge in [-0.2, -0.15) is 0 Å². The summed E-state index contributed by atoms with van der Waals surface area (Å²) in [6.45, 7) is 0. The van der Waals surface area contributed by atoms with E-state index in [1.54, 1.807) is 22.8 Å². The van der Waals surface area contributed by atoms with Crippen molar-refractivity contribution in [2.75, 3.05) is 0 Å². The molecule has 5 nitrogen and oxygen atoms in total. The highest BCUT2D eigenvalue weighted by atomic mass is 79.9. The number of nitrogens with zero attached hydrogens (tertiary/aromatic N) is 5. The molecule has 0 aliphatic carbocycles. The van der Waals surface area contributed by atoms with Crippen molar-refractivity contribution in [1.29, 1.82) is 0 Å². The smallest absolute Gasteiger partial charge is 0.182 e. The maximum Gasteiger partial charge on any atom is 0.182 e. The van der Waals surface area contributed by atoms with Crippen molar-refractivity contribution in [3.05, 3.63) is 40.6 Å². The molecule has 3 aromatic rings. The zero-order valence-electron chi connectivity index (χ0n) is 10.1. The molecule has 0 saturated carbocycles. The van der Waals surface area contributed by atoms with Crippen LogP contribution in [-0.2, 0) is 12.8 Å². The van der Waals surface area contributed by atoms with Gasteiger partial charge in [0, 0.05) is 17.3 Å². The van der Waals surface area contributed by atoms with E-state index in [0.717, 1.165) is 26.4 Å². The van der Waals surface area contributed by atoms with Crippen LogP contribution in [0.2, 0.25) is 0 Å². The Labute approximate surface area is 122 Å². The maximum atomic E-state index is 4.28. The minimum absolute atomic E-state index is 0.757. The van der Waals surface area contributed by atoms with E-state index in [-0.39, 0.29) is 0 Å². The number of benzene rings is 1. The van der Waals surface area contributed by atoms with Gasteiger partial charge in [-0.15, -0.1) is 5.10 Å². The van der Waals surface area contributed by atoms with Crippen LogP contribution < -0.4 is 0 Å². The minimum atomic E-state index is 0.757. The summed E-state index contributed by atoms with van der Waals surface area (Å²) < 4.78 is 2.74. The van der Waals surface area contributed by atoms with Gasteiger partial charge >= 0.3 is 0 Å². The van der Waals surface area contributed by atoms with Gasteiger partial charge in [0.1, 0.15) is 11.4 Å². The monoisotopic (exact) mass is 335 g/mol. The number of rotatable bonds is 3. The first-order valence-corrected chi connectivity index (χ1v) is 7.39. The van der Waals surface area contributed by atoms with Crippen LogP contribution in [-0.4, -0.2) is 25.0 Å². The molecule has 0 bridgehead atoms. The topological polar surface area (TPSA) is 56.5 Å². The number of fused-ring (bicyclic) bond motifs is 1. The van der Waals surface area contributed by atoms with Crippen molar-refractivity contribution < 1.29 is 0 Å². The highest BCUT2D eigenvalue weighted by Gasteiger charge is 2.10. The normalized spacial score (nSPS) is 11.1. The standard InChI is InChI=1S/C12H10BrN5S/c1-18-11-10(16-17-18)12(15-7-14-11)19-6-8-2-4-9(13)5-3-8/h2-5,7H,6H2,1H3.